The molecule has 1 aromatic rings. The van der Waals surface area contributed by atoms with E-state index in [9.17, 15) is 22.7 Å². The minimum absolute atomic E-state index is 0.197. The van der Waals surface area contributed by atoms with Crippen LogP contribution in [-0.2, 0) is 0 Å². The average molecular weight is 393 g/mol. The second-order valence-corrected chi connectivity index (χ2v) is 5.67. The molecular weight excluding hydrogens is 378 g/mol. The topological polar surface area (TPSA) is 95.5 Å². The van der Waals surface area contributed by atoms with E-state index in [0.717, 1.165) is 0 Å². The lowest BCUT2D eigenvalue weighted by molar-refractivity contribution is -0.243. The molecule has 0 bridgehead atoms. The first kappa shape index (κ1) is 20.0. The molecule has 4 N–H and O–H groups in total. The lowest BCUT2D eigenvalue weighted by atomic mass is 10.0. The molecule has 12 heteroatoms. The molecule has 0 spiro atoms. The van der Waals surface area contributed by atoms with Gasteiger partial charge in [0.25, 0.3) is 5.72 Å². The van der Waals surface area contributed by atoms with Crippen LogP contribution < -0.4 is 15.9 Å². The highest BCUT2D eigenvalue weighted by molar-refractivity contribution is 7.80. The molecule has 0 amide bonds. The van der Waals surface area contributed by atoms with Gasteiger partial charge in [-0.15, -0.1) is 5.11 Å². The van der Waals surface area contributed by atoms with Crippen molar-refractivity contribution >= 4 is 23.0 Å². The number of hydrazine groups is 1. The van der Waals surface area contributed by atoms with Crippen molar-refractivity contribution in [3.05, 3.63) is 35.7 Å². The van der Waals surface area contributed by atoms with Crippen LogP contribution in [0.25, 0.3) is 0 Å². The summed E-state index contributed by atoms with van der Waals surface area (Å²) >= 11 is 4.66. The van der Waals surface area contributed by atoms with E-state index in [1.54, 1.807) is 5.43 Å². The zero-order valence-corrected chi connectivity index (χ0v) is 14.4. The zero-order valence-electron chi connectivity index (χ0n) is 13.6. The number of thiocarbonyl (C=S) groups is 1. The first-order valence-corrected chi connectivity index (χ1v) is 7.48. The fraction of sp³-hybridized carbons (Fsp3) is 0.357. The SMILES string of the molecule is COc1ccc(N=NC2=C(C)N(C(N)=S)NC2(O)C(F)(F)C(F)F)cc1. The maximum atomic E-state index is 14.0. The molecule has 1 atom stereocenters. The lowest BCUT2D eigenvalue weighted by Crippen LogP contribution is -2.63. The highest BCUT2D eigenvalue weighted by Crippen LogP contribution is 2.43. The molecule has 0 aliphatic carbocycles. The first-order valence-electron chi connectivity index (χ1n) is 7.07. The molecule has 2 rings (SSSR count). The molecule has 0 saturated heterocycles. The Morgan fingerprint density at radius 2 is 1.92 bits per heavy atom. The second kappa shape index (κ2) is 7.13. The maximum absolute atomic E-state index is 14.0. The van der Waals surface area contributed by atoms with Gasteiger partial charge in [0.1, 0.15) is 11.4 Å². The smallest absolute Gasteiger partial charge is 0.356 e. The van der Waals surface area contributed by atoms with Gasteiger partial charge in [0.05, 0.1) is 18.5 Å². The van der Waals surface area contributed by atoms with E-state index < -0.39 is 28.9 Å². The van der Waals surface area contributed by atoms with E-state index in [1.165, 1.54) is 38.3 Å². The monoisotopic (exact) mass is 393 g/mol. The minimum Gasteiger partial charge on any atom is -0.497 e. The number of benzene rings is 1. The number of hydrogen-bond donors (Lipinski definition) is 3. The Labute approximate surface area is 151 Å². The number of ether oxygens (including phenoxy) is 1. The number of hydrogen-bond acceptors (Lipinski definition) is 6. The Hall–Kier alpha value is -2.31. The lowest BCUT2D eigenvalue weighted by Gasteiger charge is -2.33. The summed E-state index contributed by atoms with van der Waals surface area (Å²) in [6, 6.07) is 5.97. The van der Waals surface area contributed by atoms with Gasteiger partial charge in [-0.05, 0) is 43.4 Å². The van der Waals surface area contributed by atoms with Gasteiger partial charge >= 0.3 is 12.3 Å². The molecule has 1 aliphatic rings. The van der Waals surface area contributed by atoms with Crippen molar-refractivity contribution in [1.82, 2.24) is 10.4 Å². The highest BCUT2D eigenvalue weighted by Gasteiger charge is 2.66. The summed E-state index contributed by atoms with van der Waals surface area (Å²) in [6.45, 7) is 1.22. The molecular formula is C14H15F4N5O2S. The Bertz CT molecular complexity index is 756. The van der Waals surface area contributed by atoms with E-state index in [1.807, 2.05) is 0 Å². The Balaban J connectivity index is 2.47. The van der Waals surface area contributed by atoms with Crippen molar-refractivity contribution < 1.29 is 27.4 Å². The van der Waals surface area contributed by atoms with E-state index >= 15 is 0 Å². The number of nitrogens with zero attached hydrogens (tertiary/aromatic N) is 3. The fourth-order valence-electron chi connectivity index (χ4n) is 2.18. The van der Waals surface area contributed by atoms with Crippen molar-refractivity contribution in [3.8, 4) is 5.75 Å². The number of nitrogens with one attached hydrogen (secondary N) is 1. The first-order chi connectivity index (χ1) is 12.0. The van der Waals surface area contributed by atoms with Gasteiger partial charge in [-0.25, -0.2) is 8.78 Å². The van der Waals surface area contributed by atoms with E-state index in [4.69, 9.17) is 10.5 Å². The summed E-state index contributed by atoms with van der Waals surface area (Å²) in [5.41, 5.74) is 2.77. The predicted molar refractivity (Wildman–Crippen MR) is 87.9 cm³/mol. The predicted octanol–water partition coefficient (Wildman–Crippen LogP) is 2.66. The van der Waals surface area contributed by atoms with Crippen LogP contribution in [0.1, 0.15) is 6.92 Å². The van der Waals surface area contributed by atoms with Crippen LogP contribution in [0.15, 0.2) is 45.9 Å². The van der Waals surface area contributed by atoms with Gasteiger partial charge in [0.2, 0.25) is 0 Å². The average Bonchev–Trinajstić information content (AvgIpc) is 2.86. The van der Waals surface area contributed by atoms with Crippen molar-refractivity contribution in [2.24, 2.45) is 16.0 Å². The van der Waals surface area contributed by atoms with Gasteiger partial charge < -0.3 is 15.6 Å². The summed E-state index contributed by atoms with van der Waals surface area (Å²) in [7, 11) is 1.45. The van der Waals surface area contributed by atoms with Crippen molar-refractivity contribution in [3.63, 3.8) is 0 Å². The van der Waals surface area contributed by atoms with Crippen LogP contribution in [0.2, 0.25) is 0 Å². The molecule has 0 saturated carbocycles. The third-order valence-electron chi connectivity index (χ3n) is 3.61. The molecule has 0 fully saturated rings. The largest absolute Gasteiger partial charge is 0.497 e. The fourth-order valence-corrected chi connectivity index (χ4v) is 2.36. The summed E-state index contributed by atoms with van der Waals surface area (Å²) in [5, 5.41) is 17.7. The van der Waals surface area contributed by atoms with Gasteiger partial charge in [-0.2, -0.15) is 19.3 Å². The number of azo groups is 1. The molecule has 0 aromatic heterocycles. The van der Waals surface area contributed by atoms with Crippen molar-refractivity contribution in [2.75, 3.05) is 7.11 Å². The number of halogens is 4. The number of alkyl halides is 4. The number of allylic oxidation sites excluding steroid dienone is 1. The van der Waals surface area contributed by atoms with Crippen LogP contribution in [-0.4, -0.2) is 40.4 Å². The summed E-state index contributed by atoms with van der Waals surface area (Å²) in [6.07, 6.45) is -4.19. The van der Waals surface area contributed by atoms with Crippen LogP contribution in [0.5, 0.6) is 5.75 Å². The van der Waals surface area contributed by atoms with Crippen molar-refractivity contribution in [1.29, 1.82) is 0 Å². The molecule has 1 unspecified atom stereocenters. The molecule has 0 radical (unpaired) electrons. The summed E-state index contributed by atoms with van der Waals surface area (Å²) in [5.74, 6) is -4.38. The molecule has 1 aliphatic heterocycles. The van der Waals surface area contributed by atoms with E-state index in [2.05, 4.69) is 22.4 Å². The van der Waals surface area contributed by atoms with Crippen LogP contribution in [0, 0.1) is 0 Å². The van der Waals surface area contributed by atoms with Crippen LogP contribution >= 0.6 is 12.2 Å². The Kier molecular flexibility index (Phi) is 5.49. The third-order valence-corrected chi connectivity index (χ3v) is 3.79. The Morgan fingerprint density at radius 3 is 2.38 bits per heavy atom. The minimum atomic E-state index is -4.90. The van der Waals surface area contributed by atoms with Gasteiger partial charge in [-0.1, -0.05) is 0 Å². The molecule has 1 heterocycles. The number of aliphatic hydroxyl groups is 1. The standard InChI is InChI=1S/C14H15F4N5O2S/c1-7-10(21-20-8-3-5-9(25-2)6-4-8)14(24,13(17,18)11(15)16)22-23(7)12(19)26/h3-6,11,22,24H,1-2H3,(H2,19,26). The highest BCUT2D eigenvalue weighted by atomic mass is 32.1. The van der Waals surface area contributed by atoms with Gasteiger partial charge in [-0.3, -0.25) is 5.01 Å². The Morgan fingerprint density at radius 1 is 1.35 bits per heavy atom. The summed E-state index contributed by atoms with van der Waals surface area (Å²) < 4.78 is 58.6. The number of rotatable bonds is 5. The van der Waals surface area contributed by atoms with E-state index in [0.29, 0.717) is 10.8 Å². The van der Waals surface area contributed by atoms with Gasteiger partial charge in [0, 0.05) is 0 Å². The van der Waals surface area contributed by atoms with E-state index in [-0.39, 0.29) is 11.4 Å². The third kappa shape index (κ3) is 3.34. The molecule has 142 valence electrons. The van der Waals surface area contributed by atoms with Gasteiger partial charge in [0.15, 0.2) is 5.11 Å². The molecule has 1 aromatic carbocycles. The van der Waals surface area contributed by atoms with Crippen LogP contribution in [0.4, 0.5) is 23.2 Å². The van der Waals surface area contributed by atoms with Crippen LogP contribution in [0.3, 0.4) is 0 Å². The zero-order chi connectivity index (χ0) is 19.7. The quantitative estimate of drug-likeness (QED) is 0.404. The second-order valence-electron chi connectivity index (χ2n) is 5.25. The maximum Gasteiger partial charge on any atom is 0.356 e. The normalized spacial score (nSPS) is 21.2. The van der Waals surface area contributed by atoms with Crippen molar-refractivity contribution in [2.45, 2.75) is 25.0 Å². The summed E-state index contributed by atoms with van der Waals surface area (Å²) in [4.78, 5) is 0. The number of nitrogens with two attached hydrogens (primary N) is 1. The molecule has 7 nitrogen and oxygen atoms in total. The molecule has 26 heavy (non-hydrogen) atoms. The number of methoxy groups -OCH3 is 1.